The average Bonchev–Trinajstić information content (AvgIpc) is 2.48. The van der Waals surface area contributed by atoms with Crippen LogP contribution in [0.2, 0.25) is 0 Å². The van der Waals surface area contributed by atoms with E-state index < -0.39 is 11.9 Å². The van der Waals surface area contributed by atoms with Crippen LogP contribution in [-0.4, -0.2) is 12.0 Å². The predicted molar refractivity (Wildman–Crippen MR) is 74.8 cm³/mol. The summed E-state index contributed by atoms with van der Waals surface area (Å²) in [5.41, 5.74) is 0.999. The van der Waals surface area contributed by atoms with E-state index in [0.29, 0.717) is 6.54 Å². The molecule has 0 heterocycles. The quantitative estimate of drug-likeness (QED) is 0.909. The number of amides is 1. The number of para-hydroxylation sites is 1. The first-order chi connectivity index (χ1) is 9.66. The topological polar surface area (TPSA) is 38.3 Å². The first-order valence-electron chi connectivity index (χ1n) is 6.39. The highest BCUT2D eigenvalue weighted by Crippen LogP contribution is 2.16. The lowest BCUT2D eigenvalue weighted by molar-refractivity contribution is -0.127. The van der Waals surface area contributed by atoms with Gasteiger partial charge in [-0.05, 0) is 24.6 Å². The number of carbonyl (C=O) groups is 1. The van der Waals surface area contributed by atoms with Gasteiger partial charge in [0.2, 0.25) is 0 Å². The van der Waals surface area contributed by atoms with E-state index in [9.17, 15) is 9.18 Å². The molecule has 0 fully saturated rings. The van der Waals surface area contributed by atoms with Gasteiger partial charge in [-0.3, -0.25) is 4.79 Å². The lowest BCUT2D eigenvalue weighted by atomic mass is 10.2. The Morgan fingerprint density at radius 2 is 1.80 bits per heavy atom. The number of nitrogens with one attached hydrogen (secondary N) is 1. The summed E-state index contributed by atoms with van der Waals surface area (Å²) >= 11 is 0. The minimum atomic E-state index is -0.754. The fourth-order valence-corrected chi connectivity index (χ4v) is 1.71. The van der Waals surface area contributed by atoms with Crippen LogP contribution < -0.4 is 10.1 Å². The van der Waals surface area contributed by atoms with Gasteiger partial charge in [0.15, 0.2) is 17.7 Å². The molecule has 2 aromatic carbocycles. The molecule has 0 radical (unpaired) electrons. The summed E-state index contributed by atoms with van der Waals surface area (Å²) in [6.07, 6.45) is -0.754. The Morgan fingerprint density at radius 3 is 2.50 bits per heavy atom. The van der Waals surface area contributed by atoms with Gasteiger partial charge in [-0.25, -0.2) is 4.39 Å². The molecule has 0 bridgehead atoms. The Kier molecular flexibility index (Phi) is 4.71. The van der Waals surface area contributed by atoms with Crippen LogP contribution in [0.4, 0.5) is 4.39 Å². The van der Waals surface area contributed by atoms with Crippen LogP contribution in [0.1, 0.15) is 12.5 Å². The van der Waals surface area contributed by atoms with Gasteiger partial charge in [0.05, 0.1) is 0 Å². The van der Waals surface area contributed by atoms with Gasteiger partial charge in [0, 0.05) is 6.54 Å². The number of halogens is 1. The van der Waals surface area contributed by atoms with Gasteiger partial charge in [-0.2, -0.15) is 0 Å². The molecule has 1 atom stereocenters. The van der Waals surface area contributed by atoms with Crippen LogP contribution in [0.15, 0.2) is 54.6 Å². The van der Waals surface area contributed by atoms with Crippen LogP contribution in [0, 0.1) is 5.82 Å². The summed E-state index contributed by atoms with van der Waals surface area (Å²) < 4.78 is 18.7. The second kappa shape index (κ2) is 6.70. The van der Waals surface area contributed by atoms with E-state index >= 15 is 0 Å². The molecule has 4 heteroatoms. The molecular weight excluding hydrogens is 257 g/mol. The molecule has 2 aromatic rings. The second-order valence-corrected chi connectivity index (χ2v) is 4.39. The predicted octanol–water partition coefficient (Wildman–Crippen LogP) is 2.91. The number of rotatable bonds is 5. The maximum absolute atomic E-state index is 13.4. The van der Waals surface area contributed by atoms with E-state index in [2.05, 4.69) is 5.32 Å². The van der Waals surface area contributed by atoms with Crippen molar-refractivity contribution in [3.05, 3.63) is 66.0 Å². The highest BCUT2D eigenvalue weighted by Gasteiger charge is 2.15. The molecule has 104 valence electrons. The van der Waals surface area contributed by atoms with Gasteiger partial charge in [-0.1, -0.05) is 42.5 Å². The zero-order valence-electron chi connectivity index (χ0n) is 11.2. The monoisotopic (exact) mass is 273 g/mol. The first-order valence-corrected chi connectivity index (χ1v) is 6.39. The fraction of sp³-hybridized carbons (Fsp3) is 0.188. The van der Waals surface area contributed by atoms with E-state index in [0.717, 1.165) is 5.56 Å². The van der Waals surface area contributed by atoms with Gasteiger partial charge < -0.3 is 10.1 Å². The summed E-state index contributed by atoms with van der Waals surface area (Å²) in [5, 5.41) is 2.75. The lowest BCUT2D eigenvalue weighted by Crippen LogP contribution is -2.36. The maximum Gasteiger partial charge on any atom is 0.261 e. The Labute approximate surface area is 117 Å². The van der Waals surface area contributed by atoms with Gasteiger partial charge in [0.25, 0.3) is 5.91 Å². The van der Waals surface area contributed by atoms with Crippen LogP contribution in [0.25, 0.3) is 0 Å². The molecule has 0 aliphatic rings. The Balaban J connectivity index is 1.88. The molecule has 0 aliphatic carbocycles. The number of hydrogen-bond donors (Lipinski definition) is 1. The third-order valence-electron chi connectivity index (χ3n) is 2.82. The van der Waals surface area contributed by atoms with Crippen molar-refractivity contribution in [3.8, 4) is 5.75 Å². The lowest BCUT2D eigenvalue weighted by Gasteiger charge is -2.15. The molecule has 0 spiro atoms. The number of ether oxygens (including phenoxy) is 1. The van der Waals surface area contributed by atoms with E-state index in [1.165, 1.54) is 12.1 Å². The molecule has 2 rings (SSSR count). The van der Waals surface area contributed by atoms with E-state index in [4.69, 9.17) is 4.74 Å². The number of benzene rings is 2. The van der Waals surface area contributed by atoms with E-state index in [-0.39, 0.29) is 11.7 Å². The zero-order valence-corrected chi connectivity index (χ0v) is 11.2. The first kappa shape index (κ1) is 14.1. The van der Waals surface area contributed by atoms with E-state index in [1.54, 1.807) is 19.1 Å². The Morgan fingerprint density at radius 1 is 1.15 bits per heavy atom. The highest BCUT2D eigenvalue weighted by atomic mass is 19.1. The van der Waals surface area contributed by atoms with Crippen molar-refractivity contribution in [1.82, 2.24) is 5.32 Å². The summed E-state index contributed by atoms with van der Waals surface area (Å²) in [6, 6.07) is 15.6. The van der Waals surface area contributed by atoms with Gasteiger partial charge >= 0.3 is 0 Å². The molecule has 0 saturated heterocycles. The molecule has 0 aliphatic heterocycles. The van der Waals surface area contributed by atoms with Gasteiger partial charge in [0.1, 0.15) is 0 Å². The van der Waals surface area contributed by atoms with Crippen molar-refractivity contribution in [2.75, 3.05) is 0 Å². The molecule has 0 unspecified atom stereocenters. The number of carbonyl (C=O) groups excluding carboxylic acids is 1. The molecule has 0 saturated carbocycles. The maximum atomic E-state index is 13.4. The third kappa shape index (κ3) is 3.82. The zero-order chi connectivity index (χ0) is 14.4. The Hall–Kier alpha value is -2.36. The van der Waals surface area contributed by atoms with Gasteiger partial charge in [-0.15, -0.1) is 0 Å². The van der Waals surface area contributed by atoms with Crippen LogP contribution in [-0.2, 0) is 11.3 Å². The largest absolute Gasteiger partial charge is 0.478 e. The minimum Gasteiger partial charge on any atom is -0.478 e. The normalized spacial score (nSPS) is 11.7. The van der Waals surface area contributed by atoms with Crippen LogP contribution >= 0.6 is 0 Å². The molecule has 0 aromatic heterocycles. The van der Waals surface area contributed by atoms with Crippen molar-refractivity contribution >= 4 is 5.91 Å². The summed E-state index contributed by atoms with van der Waals surface area (Å²) in [4.78, 5) is 11.9. The Bertz CT molecular complexity index is 572. The highest BCUT2D eigenvalue weighted by molar-refractivity contribution is 5.80. The van der Waals surface area contributed by atoms with Crippen molar-refractivity contribution < 1.29 is 13.9 Å². The minimum absolute atomic E-state index is 0.0786. The van der Waals surface area contributed by atoms with Crippen molar-refractivity contribution in [1.29, 1.82) is 0 Å². The summed E-state index contributed by atoms with van der Waals surface area (Å²) in [5.74, 6) is -0.679. The second-order valence-electron chi connectivity index (χ2n) is 4.39. The number of hydrogen-bond acceptors (Lipinski definition) is 2. The SMILES string of the molecule is C[C@@H](Oc1ccccc1F)C(=O)NCc1ccccc1. The molecule has 1 N–H and O–H groups in total. The third-order valence-corrected chi connectivity index (χ3v) is 2.82. The summed E-state index contributed by atoms with van der Waals surface area (Å²) in [7, 11) is 0. The average molecular weight is 273 g/mol. The van der Waals surface area contributed by atoms with Crippen molar-refractivity contribution in [3.63, 3.8) is 0 Å². The molecule has 1 amide bonds. The standard InChI is InChI=1S/C16H16FNO2/c1-12(20-15-10-6-5-9-14(15)17)16(19)18-11-13-7-3-2-4-8-13/h2-10,12H,11H2,1H3,(H,18,19)/t12-/m1/s1. The van der Waals surface area contributed by atoms with E-state index in [1.807, 2.05) is 30.3 Å². The molecule has 3 nitrogen and oxygen atoms in total. The smallest absolute Gasteiger partial charge is 0.261 e. The summed E-state index contributed by atoms with van der Waals surface area (Å²) in [6.45, 7) is 2.01. The van der Waals surface area contributed by atoms with Crippen LogP contribution in [0.3, 0.4) is 0 Å². The van der Waals surface area contributed by atoms with Crippen molar-refractivity contribution in [2.24, 2.45) is 0 Å². The fourth-order valence-electron chi connectivity index (χ4n) is 1.71. The molecular formula is C16H16FNO2. The van der Waals surface area contributed by atoms with Crippen LogP contribution in [0.5, 0.6) is 5.75 Å². The molecule has 20 heavy (non-hydrogen) atoms. The van der Waals surface area contributed by atoms with Crippen molar-refractivity contribution in [2.45, 2.75) is 19.6 Å².